The molecular formula is C24H33NO4. The molecule has 2 aromatic carbocycles. The summed E-state index contributed by atoms with van der Waals surface area (Å²) < 4.78 is 17.2. The first-order chi connectivity index (χ1) is 13.8. The Morgan fingerprint density at radius 1 is 1.07 bits per heavy atom. The molecule has 0 aliphatic carbocycles. The molecule has 1 aliphatic heterocycles. The predicted octanol–water partition coefficient (Wildman–Crippen LogP) is 4.25. The monoisotopic (exact) mass is 399 g/mol. The number of nitrogens with one attached hydrogen (secondary N) is 1. The number of aromatic hydroxyl groups is 1. The highest BCUT2D eigenvalue weighted by Crippen LogP contribution is 2.43. The number of hydrogen-bond acceptors (Lipinski definition) is 5. The molecule has 2 aromatic rings. The lowest BCUT2D eigenvalue weighted by molar-refractivity contribution is 0.0636. The fourth-order valence-corrected chi connectivity index (χ4v) is 4.04. The van der Waals surface area contributed by atoms with E-state index in [1.807, 2.05) is 32.9 Å². The van der Waals surface area contributed by atoms with Crippen LogP contribution in [0.1, 0.15) is 41.2 Å². The van der Waals surface area contributed by atoms with Gasteiger partial charge in [0.1, 0.15) is 17.1 Å². The molecule has 1 unspecified atom stereocenters. The Hall–Kier alpha value is -2.40. The van der Waals surface area contributed by atoms with Gasteiger partial charge in [-0.05, 0) is 87.9 Å². The Bertz CT molecular complexity index is 893. The van der Waals surface area contributed by atoms with Gasteiger partial charge in [0.2, 0.25) is 0 Å². The third-order valence-corrected chi connectivity index (χ3v) is 6.13. The maximum absolute atomic E-state index is 10.3. The SMILES string of the molecule is COc1ccc(CCNCC2(C)CCc3c(C)c(O)c(C)c(C)c3O2)cc1OC. The van der Waals surface area contributed by atoms with Gasteiger partial charge >= 0.3 is 0 Å². The van der Waals surface area contributed by atoms with Gasteiger partial charge in [-0.1, -0.05) is 6.07 Å². The van der Waals surface area contributed by atoms with Crippen molar-refractivity contribution in [3.8, 4) is 23.0 Å². The van der Waals surface area contributed by atoms with Gasteiger partial charge < -0.3 is 24.6 Å². The van der Waals surface area contributed by atoms with Crippen LogP contribution < -0.4 is 19.5 Å². The summed E-state index contributed by atoms with van der Waals surface area (Å²) in [4.78, 5) is 0. The van der Waals surface area contributed by atoms with Gasteiger partial charge in [0.05, 0.1) is 14.2 Å². The predicted molar refractivity (Wildman–Crippen MR) is 116 cm³/mol. The maximum atomic E-state index is 10.3. The van der Waals surface area contributed by atoms with Crippen molar-refractivity contribution in [3.05, 3.63) is 46.0 Å². The molecule has 2 N–H and O–H groups in total. The molecular weight excluding hydrogens is 366 g/mol. The van der Waals surface area contributed by atoms with Crippen molar-refractivity contribution >= 4 is 0 Å². The number of phenols is 1. The van der Waals surface area contributed by atoms with E-state index >= 15 is 0 Å². The molecule has 5 heteroatoms. The van der Waals surface area contributed by atoms with Gasteiger partial charge in [-0.3, -0.25) is 0 Å². The number of rotatable bonds is 7. The lowest BCUT2D eigenvalue weighted by Crippen LogP contribution is -2.46. The van der Waals surface area contributed by atoms with E-state index in [1.165, 1.54) is 5.56 Å². The third kappa shape index (κ3) is 4.30. The number of ether oxygens (including phenoxy) is 3. The second kappa shape index (κ2) is 8.54. The van der Waals surface area contributed by atoms with Crippen LogP contribution in [0.2, 0.25) is 0 Å². The van der Waals surface area contributed by atoms with E-state index < -0.39 is 0 Å². The molecule has 0 saturated carbocycles. The molecule has 0 fully saturated rings. The van der Waals surface area contributed by atoms with Crippen molar-refractivity contribution in [1.29, 1.82) is 0 Å². The Morgan fingerprint density at radius 2 is 1.79 bits per heavy atom. The molecule has 3 rings (SSSR count). The summed E-state index contributed by atoms with van der Waals surface area (Å²) in [6.45, 7) is 9.76. The van der Waals surface area contributed by atoms with Crippen molar-refractivity contribution in [2.75, 3.05) is 27.3 Å². The molecule has 0 amide bonds. The van der Waals surface area contributed by atoms with E-state index in [1.54, 1.807) is 14.2 Å². The summed E-state index contributed by atoms with van der Waals surface area (Å²) in [6, 6.07) is 6.04. The van der Waals surface area contributed by atoms with Crippen LogP contribution in [0.5, 0.6) is 23.0 Å². The van der Waals surface area contributed by atoms with Crippen molar-refractivity contribution < 1.29 is 19.3 Å². The molecule has 0 saturated heterocycles. The third-order valence-electron chi connectivity index (χ3n) is 6.13. The van der Waals surface area contributed by atoms with Crippen molar-refractivity contribution in [2.45, 2.75) is 52.6 Å². The van der Waals surface area contributed by atoms with Gasteiger partial charge in [0.15, 0.2) is 11.5 Å². The maximum Gasteiger partial charge on any atom is 0.160 e. The van der Waals surface area contributed by atoms with Crippen LogP contribution in [0, 0.1) is 20.8 Å². The van der Waals surface area contributed by atoms with E-state index in [0.29, 0.717) is 5.75 Å². The molecule has 0 radical (unpaired) electrons. The van der Waals surface area contributed by atoms with Gasteiger partial charge in [0.25, 0.3) is 0 Å². The number of benzene rings is 2. The Kier molecular flexibility index (Phi) is 6.27. The van der Waals surface area contributed by atoms with Crippen LogP contribution in [0.15, 0.2) is 18.2 Å². The molecule has 5 nitrogen and oxygen atoms in total. The molecule has 0 spiro atoms. The second-order valence-corrected chi connectivity index (χ2v) is 8.20. The molecule has 29 heavy (non-hydrogen) atoms. The van der Waals surface area contributed by atoms with Crippen molar-refractivity contribution in [2.24, 2.45) is 0 Å². The number of methoxy groups -OCH3 is 2. The van der Waals surface area contributed by atoms with E-state index in [-0.39, 0.29) is 5.60 Å². The standard InChI is InChI=1S/C24H33NO4/c1-15-16(2)23-19(17(3)22(15)26)9-11-24(4,29-23)14-25-12-10-18-7-8-20(27-5)21(13-18)28-6/h7-8,13,25-26H,9-12,14H2,1-6H3. The first kappa shape index (κ1) is 21.3. The summed E-state index contributed by atoms with van der Waals surface area (Å²) >= 11 is 0. The first-order valence-electron chi connectivity index (χ1n) is 10.2. The largest absolute Gasteiger partial charge is 0.507 e. The summed E-state index contributed by atoms with van der Waals surface area (Å²) in [5, 5.41) is 13.9. The lowest BCUT2D eigenvalue weighted by Gasteiger charge is -2.38. The molecule has 1 heterocycles. The summed E-state index contributed by atoms with van der Waals surface area (Å²) in [5.74, 6) is 2.86. The zero-order valence-electron chi connectivity index (χ0n) is 18.4. The van der Waals surface area contributed by atoms with Crippen molar-refractivity contribution in [1.82, 2.24) is 5.32 Å². The van der Waals surface area contributed by atoms with Crippen molar-refractivity contribution in [3.63, 3.8) is 0 Å². The molecule has 0 bridgehead atoms. The van der Waals surface area contributed by atoms with E-state index in [2.05, 4.69) is 18.3 Å². The molecule has 1 atom stereocenters. The van der Waals surface area contributed by atoms with E-state index in [0.717, 1.165) is 71.9 Å². The van der Waals surface area contributed by atoms with Crippen LogP contribution in [-0.4, -0.2) is 38.0 Å². The highest BCUT2D eigenvalue weighted by atomic mass is 16.5. The molecule has 1 aliphatic rings. The minimum atomic E-state index is -0.259. The normalized spacial score (nSPS) is 18.1. The zero-order valence-corrected chi connectivity index (χ0v) is 18.4. The average Bonchev–Trinajstić information content (AvgIpc) is 2.73. The topological polar surface area (TPSA) is 60.0 Å². The lowest BCUT2D eigenvalue weighted by atomic mass is 9.87. The summed E-state index contributed by atoms with van der Waals surface area (Å²) in [6.07, 6.45) is 2.74. The van der Waals surface area contributed by atoms with Gasteiger partial charge in [-0.25, -0.2) is 0 Å². The van der Waals surface area contributed by atoms with Gasteiger partial charge in [-0.15, -0.1) is 0 Å². The smallest absolute Gasteiger partial charge is 0.160 e. The van der Waals surface area contributed by atoms with Gasteiger partial charge in [0, 0.05) is 12.1 Å². The molecule has 0 aromatic heterocycles. The fourth-order valence-electron chi connectivity index (χ4n) is 4.04. The highest BCUT2D eigenvalue weighted by molar-refractivity contribution is 5.58. The van der Waals surface area contributed by atoms with E-state index in [9.17, 15) is 5.11 Å². The minimum absolute atomic E-state index is 0.259. The average molecular weight is 400 g/mol. The second-order valence-electron chi connectivity index (χ2n) is 8.20. The zero-order chi connectivity index (χ0) is 21.2. The van der Waals surface area contributed by atoms with Crippen LogP contribution in [0.4, 0.5) is 0 Å². The fraction of sp³-hybridized carbons (Fsp3) is 0.500. The van der Waals surface area contributed by atoms with Crippen LogP contribution in [0.3, 0.4) is 0 Å². The Balaban J connectivity index is 1.61. The summed E-state index contributed by atoms with van der Waals surface area (Å²) in [5.41, 5.74) is 4.99. The van der Waals surface area contributed by atoms with Crippen LogP contribution in [-0.2, 0) is 12.8 Å². The number of phenolic OH excluding ortho intramolecular Hbond substituents is 1. The summed E-state index contributed by atoms with van der Waals surface area (Å²) in [7, 11) is 3.30. The first-order valence-corrected chi connectivity index (χ1v) is 10.2. The number of hydrogen-bond donors (Lipinski definition) is 2. The highest BCUT2D eigenvalue weighted by Gasteiger charge is 2.34. The van der Waals surface area contributed by atoms with Crippen LogP contribution >= 0.6 is 0 Å². The quantitative estimate of drug-likeness (QED) is 0.682. The minimum Gasteiger partial charge on any atom is -0.507 e. The van der Waals surface area contributed by atoms with E-state index in [4.69, 9.17) is 14.2 Å². The Morgan fingerprint density at radius 3 is 2.48 bits per heavy atom. The van der Waals surface area contributed by atoms with Crippen LogP contribution in [0.25, 0.3) is 0 Å². The Labute approximate surface area is 174 Å². The number of fused-ring (bicyclic) bond motifs is 1. The molecule has 158 valence electrons. The van der Waals surface area contributed by atoms with Gasteiger partial charge in [-0.2, -0.15) is 0 Å².